The van der Waals surface area contributed by atoms with Gasteiger partial charge in [0, 0.05) is 41.3 Å². The van der Waals surface area contributed by atoms with Crippen molar-refractivity contribution in [2.75, 3.05) is 0 Å². The fourth-order valence-electron chi connectivity index (χ4n) is 7.97. The summed E-state index contributed by atoms with van der Waals surface area (Å²) >= 11 is 0. The monoisotopic (exact) mass is 433 g/mol. The molecule has 170 valence electrons. The van der Waals surface area contributed by atoms with Crippen LogP contribution in [0, 0.1) is 11.8 Å². The quantitative estimate of drug-likeness (QED) is 0.554. The molecule has 4 fully saturated rings. The number of Topliss-reactive ketones (excluding diaryl/α,β-unsaturated/α-hetero) is 1. The first kappa shape index (κ1) is 20.5. The second kappa shape index (κ2) is 8.02. The topological polar surface area (TPSA) is 68.3 Å². The first-order valence-corrected chi connectivity index (χ1v) is 12.8. The Hall–Kier alpha value is -2.14. The van der Waals surface area contributed by atoms with Gasteiger partial charge in [-0.3, -0.25) is 14.5 Å². The molecule has 6 rings (SSSR count). The Labute approximate surface area is 190 Å². The number of rotatable bonds is 4. The summed E-state index contributed by atoms with van der Waals surface area (Å²) in [6, 6.07) is 10.4. The van der Waals surface area contributed by atoms with E-state index < -0.39 is 11.7 Å². The summed E-state index contributed by atoms with van der Waals surface area (Å²) in [5.41, 5.74) is 6.87. The van der Waals surface area contributed by atoms with Gasteiger partial charge in [0.15, 0.2) is 0 Å². The van der Waals surface area contributed by atoms with Gasteiger partial charge in [-0.25, -0.2) is 0 Å². The Morgan fingerprint density at radius 1 is 0.781 bits per heavy atom. The van der Waals surface area contributed by atoms with Crippen LogP contribution >= 0.6 is 0 Å². The molecule has 1 aromatic carbocycles. The highest BCUT2D eigenvalue weighted by molar-refractivity contribution is 6.44. The maximum absolute atomic E-state index is 12.5. The van der Waals surface area contributed by atoms with Crippen LogP contribution in [0.3, 0.4) is 0 Å². The van der Waals surface area contributed by atoms with E-state index >= 15 is 0 Å². The maximum Gasteiger partial charge on any atom is 0.289 e. The third kappa shape index (κ3) is 3.40. The number of carbonyl (C=O) groups is 2. The van der Waals surface area contributed by atoms with Gasteiger partial charge in [-0.05, 0) is 62.8 Å². The molecule has 32 heavy (non-hydrogen) atoms. The fourth-order valence-corrected chi connectivity index (χ4v) is 7.97. The van der Waals surface area contributed by atoms with Gasteiger partial charge in [0.25, 0.3) is 11.7 Å². The zero-order valence-electron chi connectivity index (χ0n) is 18.9. The van der Waals surface area contributed by atoms with Crippen LogP contribution in [0.4, 0.5) is 0 Å². The van der Waals surface area contributed by atoms with Crippen LogP contribution in [0.1, 0.15) is 87.0 Å². The Morgan fingerprint density at radius 2 is 1.44 bits per heavy atom. The average Bonchev–Trinajstić information content (AvgIpc) is 3.17. The number of amides is 1. The summed E-state index contributed by atoms with van der Waals surface area (Å²) in [6.07, 6.45) is 16.8. The van der Waals surface area contributed by atoms with Crippen LogP contribution in [0.5, 0.6) is 0 Å². The predicted molar refractivity (Wildman–Crippen MR) is 125 cm³/mol. The van der Waals surface area contributed by atoms with Crippen molar-refractivity contribution in [3.63, 3.8) is 0 Å². The molecule has 1 aromatic heterocycles. The molecule has 2 saturated carbocycles. The second-order valence-corrected chi connectivity index (χ2v) is 11.0. The predicted octanol–water partition coefficient (Wildman–Crippen LogP) is 4.84. The van der Waals surface area contributed by atoms with Crippen LogP contribution in [0.2, 0.25) is 0 Å². The summed E-state index contributed by atoms with van der Waals surface area (Å²) in [5, 5.41) is 0.851. The first-order valence-electron chi connectivity index (χ1n) is 12.8. The lowest BCUT2D eigenvalue weighted by Crippen LogP contribution is -2.58. The highest BCUT2D eigenvalue weighted by Crippen LogP contribution is 2.48. The van der Waals surface area contributed by atoms with Crippen LogP contribution in [0.15, 0.2) is 30.5 Å². The molecule has 2 unspecified atom stereocenters. The molecule has 2 aliphatic carbocycles. The number of aromatic nitrogens is 1. The number of fused-ring (bicyclic) bond motifs is 5. The molecule has 4 aliphatic rings. The average molecular weight is 434 g/mol. The lowest BCUT2D eigenvalue weighted by atomic mass is 9.68. The molecule has 2 aliphatic heterocycles. The maximum atomic E-state index is 12.5. The van der Waals surface area contributed by atoms with Gasteiger partial charge in [0.05, 0.1) is 5.56 Å². The minimum absolute atomic E-state index is 0.379. The van der Waals surface area contributed by atoms with E-state index in [9.17, 15) is 9.59 Å². The molecule has 6 atom stereocenters. The first-order chi connectivity index (χ1) is 15.6. The van der Waals surface area contributed by atoms with Crippen LogP contribution in [-0.4, -0.2) is 39.3 Å². The van der Waals surface area contributed by atoms with Gasteiger partial charge in [0.2, 0.25) is 0 Å². The lowest BCUT2D eigenvalue weighted by molar-refractivity contribution is -0.114. The van der Waals surface area contributed by atoms with Crippen molar-refractivity contribution in [3.05, 3.63) is 36.0 Å². The Kier molecular flexibility index (Phi) is 5.13. The van der Waals surface area contributed by atoms with Crippen molar-refractivity contribution in [2.45, 2.75) is 94.8 Å². The SMILES string of the molecule is NC(=O)C(=O)c1cn(C2C[C@H]3CCC[C@@H](C2)N3C2C[C@H]3CCC[C@@H](C2)C3)c2ccccc12. The van der Waals surface area contributed by atoms with Crippen molar-refractivity contribution < 1.29 is 9.59 Å². The van der Waals surface area contributed by atoms with E-state index in [0.717, 1.165) is 41.6 Å². The molecule has 5 heteroatoms. The smallest absolute Gasteiger partial charge is 0.289 e. The van der Waals surface area contributed by atoms with E-state index in [-0.39, 0.29) is 0 Å². The zero-order chi connectivity index (χ0) is 21.8. The van der Waals surface area contributed by atoms with Gasteiger partial charge in [0.1, 0.15) is 0 Å². The van der Waals surface area contributed by atoms with Crippen molar-refractivity contribution in [1.29, 1.82) is 0 Å². The molecule has 0 spiro atoms. The Balaban J connectivity index is 1.30. The molecule has 2 N–H and O–H groups in total. The molecule has 3 heterocycles. The normalized spacial score (nSPS) is 35.0. The van der Waals surface area contributed by atoms with Crippen LogP contribution in [-0.2, 0) is 4.79 Å². The van der Waals surface area contributed by atoms with Gasteiger partial charge < -0.3 is 10.3 Å². The van der Waals surface area contributed by atoms with E-state index in [0.29, 0.717) is 23.7 Å². The van der Waals surface area contributed by atoms with Gasteiger partial charge >= 0.3 is 0 Å². The fraction of sp³-hybridized carbons (Fsp3) is 0.630. The molecule has 2 saturated heterocycles. The third-order valence-electron chi connectivity index (χ3n) is 9.13. The summed E-state index contributed by atoms with van der Waals surface area (Å²) in [4.78, 5) is 27.1. The molecule has 2 aromatic rings. The molecule has 0 radical (unpaired) electrons. The summed E-state index contributed by atoms with van der Waals surface area (Å²) in [6.45, 7) is 0. The summed E-state index contributed by atoms with van der Waals surface area (Å²) in [5.74, 6) is 0.470. The molecular formula is C27H35N3O2. The third-order valence-corrected chi connectivity index (χ3v) is 9.13. The van der Waals surface area contributed by atoms with Crippen molar-refractivity contribution in [3.8, 4) is 0 Å². The van der Waals surface area contributed by atoms with E-state index in [2.05, 4.69) is 15.5 Å². The number of hydrogen-bond donors (Lipinski definition) is 1. The molecule has 5 nitrogen and oxygen atoms in total. The molecule has 4 bridgehead atoms. The number of nitrogens with zero attached hydrogens (tertiary/aromatic N) is 2. The largest absolute Gasteiger partial charge is 0.363 e. The second-order valence-electron chi connectivity index (χ2n) is 11.0. The number of para-hydroxylation sites is 1. The van der Waals surface area contributed by atoms with Crippen LogP contribution < -0.4 is 5.73 Å². The van der Waals surface area contributed by atoms with Gasteiger partial charge in [-0.2, -0.15) is 0 Å². The van der Waals surface area contributed by atoms with Gasteiger partial charge in [-0.15, -0.1) is 0 Å². The van der Waals surface area contributed by atoms with Crippen LogP contribution in [0.25, 0.3) is 10.9 Å². The number of hydrogen-bond acceptors (Lipinski definition) is 3. The number of ketones is 1. The number of benzene rings is 1. The van der Waals surface area contributed by atoms with Crippen molar-refractivity contribution in [2.24, 2.45) is 17.6 Å². The molecular weight excluding hydrogens is 398 g/mol. The highest BCUT2D eigenvalue weighted by Gasteiger charge is 2.45. The van der Waals surface area contributed by atoms with E-state index in [1.54, 1.807) is 0 Å². The summed E-state index contributed by atoms with van der Waals surface area (Å²) < 4.78 is 2.30. The minimum atomic E-state index is -0.873. The number of nitrogens with two attached hydrogens (primary N) is 1. The Morgan fingerprint density at radius 3 is 2.12 bits per heavy atom. The summed E-state index contributed by atoms with van der Waals surface area (Å²) in [7, 11) is 0. The number of primary amides is 1. The van der Waals surface area contributed by atoms with Crippen molar-refractivity contribution >= 4 is 22.6 Å². The van der Waals surface area contributed by atoms with E-state index in [1.807, 2.05) is 24.4 Å². The van der Waals surface area contributed by atoms with Gasteiger partial charge in [-0.1, -0.05) is 43.9 Å². The lowest BCUT2D eigenvalue weighted by Gasteiger charge is -2.55. The number of piperidine rings is 2. The van der Waals surface area contributed by atoms with Crippen molar-refractivity contribution in [1.82, 2.24) is 9.47 Å². The highest BCUT2D eigenvalue weighted by atomic mass is 16.2. The number of carbonyl (C=O) groups excluding carboxylic acids is 2. The minimum Gasteiger partial charge on any atom is -0.363 e. The van der Waals surface area contributed by atoms with E-state index in [1.165, 1.54) is 57.8 Å². The van der Waals surface area contributed by atoms with E-state index in [4.69, 9.17) is 5.73 Å². The molecule has 1 amide bonds. The Bertz CT molecular complexity index is 1020. The zero-order valence-corrected chi connectivity index (χ0v) is 18.9. The standard InChI is InChI=1S/C27H35N3O2/c28-27(32)26(31)24-16-29(25-10-2-1-9-23(24)25)21-14-19-7-4-8-20(15-21)30(19)22-12-17-5-3-6-18(11-17)13-22/h1-2,9-10,16-22H,3-8,11-15H2,(H2,28,32)/t17-,18+,19-,20+,21?,22?.